The largest absolute Gasteiger partial charge is 0.324 e. The van der Waals surface area contributed by atoms with Gasteiger partial charge in [-0.05, 0) is 24.1 Å². The highest BCUT2D eigenvalue weighted by molar-refractivity contribution is 9.10. The predicted molar refractivity (Wildman–Crippen MR) is 83.7 cm³/mol. The molecule has 0 bridgehead atoms. The van der Waals surface area contributed by atoms with Crippen LogP contribution in [0.4, 0.5) is 0 Å². The quantitative estimate of drug-likeness (QED) is 0.591. The minimum absolute atomic E-state index is 0.203. The van der Waals surface area contributed by atoms with Gasteiger partial charge in [-0.15, -0.1) is 0 Å². The van der Waals surface area contributed by atoms with Crippen molar-refractivity contribution >= 4 is 15.9 Å². The Morgan fingerprint density at radius 3 is 2.11 bits per heavy atom. The fourth-order valence-corrected chi connectivity index (χ4v) is 2.46. The van der Waals surface area contributed by atoms with Crippen molar-refractivity contribution in [1.82, 2.24) is 0 Å². The van der Waals surface area contributed by atoms with E-state index in [1.54, 1.807) is 0 Å². The number of hydrogen-bond acceptors (Lipinski definition) is 1. The van der Waals surface area contributed by atoms with E-state index in [1.807, 2.05) is 0 Å². The maximum Gasteiger partial charge on any atom is 0.0294 e. The van der Waals surface area contributed by atoms with Gasteiger partial charge in [-0.1, -0.05) is 79.9 Å². The van der Waals surface area contributed by atoms with Crippen molar-refractivity contribution in [3.63, 3.8) is 0 Å². The molecule has 0 aromatic heterocycles. The predicted octanol–water partition coefficient (Wildman–Crippen LogP) is 5.59. The average molecular weight is 312 g/mol. The van der Waals surface area contributed by atoms with Crippen LogP contribution in [0.2, 0.25) is 0 Å². The summed E-state index contributed by atoms with van der Waals surface area (Å²) in [4.78, 5) is 0. The van der Waals surface area contributed by atoms with Gasteiger partial charge < -0.3 is 5.73 Å². The van der Waals surface area contributed by atoms with Crippen molar-refractivity contribution in [3.05, 3.63) is 34.3 Å². The molecule has 0 spiro atoms. The summed E-state index contributed by atoms with van der Waals surface area (Å²) >= 11 is 3.45. The van der Waals surface area contributed by atoms with Crippen LogP contribution >= 0.6 is 15.9 Å². The summed E-state index contributed by atoms with van der Waals surface area (Å²) < 4.78 is 1.12. The summed E-state index contributed by atoms with van der Waals surface area (Å²) in [6, 6.07) is 8.58. The number of hydrogen-bond donors (Lipinski definition) is 1. The van der Waals surface area contributed by atoms with Gasteiger partial charge in [-0.2, -0.15) is 0 Å². The van der Waals surface area contributed by atoms with Gasteiger partial charge in [0.25, 0.3) is 0 Å². The Bertz CT molecular complexity index is 307. The summed E-state index contributed by atoms with van der Waals surface area (Å²) in [6.07, 6.45) is 10.6. The van der Waals surface area contributed by atoms with Crippen LogP contribution in [-0.4, -0.2) is 0 Å². The van der Waals surface area contributed by atoms with Gasteiger partial charge in [0.2, 0.25) is 0 Å². The molecule has 1 unspecified atom stereocenters. The lowest BCUT2D eigenvalue weighted by Crippen LogP contribution is -2.09. The van der Waals surface area contributed by atoms with Crippen molar-refractivity contribution in [1.29, 1.82) is 0 Å². The first-order chi connectivity index (χ1) is 8.74. The molecule has 1 atom stereocenters. The van der Waals surface area contributed by atoms with Crippen LogP contribution in [0.1, 0.15) is 69.9 Å². The van der Waals surface area contributed by atoms with Crippen molar-refractivity contribution < 1.29 is 0 Å². The van der Waals surface area contributed by atoms with Gasteiger partial charge in [0, 0.05) is 10.5 Å². The van der Waals surface area contributed by atoms with Crippen molar-refractivity contribution in [3.8, 4) is 0 Å². The average Bonchev–Trinajstić information content (AvgIpc) is 2.38. The van der Waals surface area contributed by atoms with Crippen molar-refractivity contribution in [2.45, 2.75) is 64.3 Å². The SMILES string of the molecule is CCCCCCCCCC(N)c1ccc(Br)cc1. The molecule has 1 nitrogen and oxygen atoms in total. The third-order valence-electron chi connectivity index (χ3n) is 3.42. The maximum absolute atomic E-state index is 6.19. The van der Waals surface area contributed by atoms with E-state index in [0.29, 0.717) is 0 Å². The van der Waals surface area contributed by atoms with Gasteiger partial charge in [-0.3, -0.25) is 0 Å². The monoisotopic (exact) mass is 311 g/mol. The first-order valence-corrected chi connectivity index (χ1v) is 8.04. The Hall–Kier alpha value is -0.340. The molecule has 0 aliphatic heterocycles. The molecule has 0 fully saturated rings. The zero-order valence-electron chi connectivity index (χ0n) is 11.5. The van der Waals surface area contributed by atoms with Crippen molar-refractivity contribution in [2.75, 3.05) is 0 Å². The fourth-order valence-electron chi connectivity index (χ4n) is 2.20. The molecule has 1 rings (SSSR count). The Balaban J connectivity index is 2.10. The second kappa shape index (κ2) is 9.57. The van der Waals surface area contributed by atoms with E-state index in [2.05, 4.69) is 47.1 Å². The van der Waals surface area contributed by atoms with Crippen LogP contribution in [0.15, 0.2) is 28.7 Å². The van der Waals surface area contributed by atoms with E-state index < -0.39 is 0 Å². The normalized spacial score (nSPS) is 12.6. The molecular weight excluding hydrogens is 286 g/mol. The van der Waals surface area contributed by atoms with Gasteiger partial charge in [0.15, 0.2) is 0 Å². The third-order valence-corrected chi connectivity index (χ3v) is 3.95. The van der Waals surface area contributed by atoms with Gasteiger partial charge >= 0.3 is 0 Å². The lowest BCUT2D eigenvalue weighted by atomic mass is 10.0. The molecule has 18 heavy (non-hydrogen) atoms. The Morgan fingerprint density at radius 1 is 0.944 bits per heavy atom. The Labute approximate surface area is 120 Å². The van der Waals surface area contributed by atoms with Crippen molar-refractivity contribution in [2.24, 2.45) is 5.73 Å². The summed E-state index contributed by atoms with van der Waals surface area (Å²) in [7, 11) is 0. The molecule has 0 amide bonds. The number of benzene rings is 1. The number of rotatable bonds is 9. The minimum atomic E-state index is 0.203. The third kappa shape index (κ3) is 6.55. The van der Waals surface area contributed by atoms with E-state index in [9.17, 15) is 0 Å². The molecule has 102 valence electrons. The highest BCUT2D eigenvalue weighted by Gasteiger charge is 2.05. The minimum Gasteiger partial charge on any atom is -0.324 e. The zero-order chi connectivity index (χ0) is 13.2. The van der Waals surface area contributed by atoms with Gasteiger partial charge in [0.05, 0.1) is 0 Å². The van der Waals surface area contributed by atoms with E-state index in [-0.39, 0.29) is 6.04 Å². The van der Waals surface area contributed by atoms with Crippen LogP contribution < -0.4 is 5.73 Å². The molecule has 2 N–H and O–H groups in total. The molecule has 0 saturated carbocycles. The highest BCUT2D eigenvalue weighted by Crippen LogP contribution is 2.20. The number of nitrogens with two attached hydrogens (primary N) is 1. The molecule has 0 radical (unpaired) electrons. The highest BCUT2D eigenvalue weighted by atomic mass is 79.9. The lowest BCUT2D eigenvalue weighted by molar-refractivity contribution is 0.541. The molecule has 2 heteroatoms. The Kier molecular flexibility index (Phi) is 8.36. The molecule has 0 aliphatic rings. The number of halogens is 1. The van der Waals surface area contributed by atoms with E-state index in [1.165, 1.54) is 50.5 Å². The second-order valence-electron chi connectivity index (χ2n) is 5.07. The van der Waals surface area contributed by atoms with E-state index in [4.69, 9.17) is 5.73 Å². The molecule has 1 aromatic rings. The van der Waals surface area contributed by atoms with Crippen LogP contribution in [0.25, 0.3) is 0 Å². The maximum atomic E-state index is 6.19. The summed E-state index contributed by atoms with van der Waals surface area (Å²) in [5.74, 6) is 0. The molecule has 0 aliphatic carbocycles. The fraction of sp³-hybridized carbons (Fsp3) is 0.625. The topological polar surface area (TPSA) is 26.0 Å². The summed E-state index contributed by atoms with van der Waals surface area (Å²) in [6.45, 7) is 2.26. The second-order valence-corrected chi connectivity index (χ2v) is 5.98. The van der Waals surface area contributed by atoms with Crippen LogP contribution in [-0.2, 0) is 0 Å². The number of unbranched alkanes of at least 4 members (excludes halogenated alkanes) is 6. The van der Waals surface area contributed by atoms with Crippen LogP contribution in [0, 0.1) is 0 Å². The first kappa shape index (κ1) is 15.7. The van der Waals surface area contributed by atoms with Crippen LogP contribution in [0.3, 0.4) is 0 Å². The van der Waals surface area contributed by atoms with E-state index in [0.717, 1.165) is 10.9 Å². The van der Waals surface area contributed by atoms with E-state index >= 15 is 0 Å². The summed E-state index contributed by atoms with van der Waals surface area (Å²) in [5, 5.41) is 0. The summed E-state index contributed by atoms with van der Waals surface area (Å²) in [5.41, 5.74) is 7.45. The smallest absolute Gasteiger partial charge is 0.0294 e. The van der Waals surface area contributed by atoms with Crippen LogP contribution in [0.5, 0.6) is 0 Å². The zero-order valence-corrected chi connectivity index (χ0v) is 13.1. The molecular formula is C16H26BrN. The molecule has 0 saturated heterocycles. The standard InChI is InChI=1S/C16H26BrN/c1-2-3-4-5-6-7-8-9-16(18)14-10-12-15(17)13-11-14/h10-13,16H,2-9,18H2,1H3. The first-order valence-electron chi connectivity index (χ1n) is 7.25. The molecule has 1 aromatic carbocycles. The Morgan fingerprint density at radius 2 is 1.50 bits per heavy atom. The molecule has 0 heterocycles. The van der Waals surface area contributed by atoms with Gasteiger partial charge in [-0.25, -0.2) is 0 Å². The lowest BCUT2D eigenvalue weighted by Gasteiger charge is -2.11. The van der Waals surface area contributed by atoms with Gasteiger partial charge in [0.1, 0.15) is 0 Å².